The number of hydrogen-bond donors (Lipinski definition) is 3. The summed E-state index contributed by atoms with van der Waals surface area (Å²) in [5.41, 5.74) is 3.70. The number of benzene rings is 2. The van der Waals surface area contributed by atoms with Crippen molar-refractivity contribution < 1.29 is 29.0 Å². The number of carbonyl (C=O) groups excluding carboxylic acids is 2. The zero-order valence-electron chi connectivity index (χ0n) is 25.3. The highest BCUT2D eigenvalue weighted by molar-refractivity contribution is 6.08. The number of nitrogens with one attached hydrogen (secondary N) is 2. The van der Waals surface area contributed by atoms with Crippen LogP contribution in [0.15, 0.2) is 24.3 Å². The molecule has 226 valence electrons. The van der Waals surface area contributed by atoms with Crippen LogP contribution in [0.5, 0.6) is 11.5 Å². The first kappa shape index (κ1) is 30.8. The summed E-state index contributed by atoms with van der Waals surface area (Å²) in [5.74, 6) is 0.0610. The smallest absolute Gasteiger partial charge is 0.317 e. The van der Waals surface area contributed by atoms with Crippen molar-refractivity contribution in [2.75, 3.05) is 64.9 Å². The first-order valence-electron chi connectivity index (χ1n) is 14.2. The van der Waals surface area contributed by atoms with E-state index in [-0.39, 0.29) is 36.0 Å². The van der Waals surface area contributed by atoms with Crippen molar-refractivity contribution >= 4 is 29.2 Å². The fraction of sp³-hybridized carbons (Fsp3) is 0.484. The molecule has 1 fully saturated rings. The van der Waals surface area contributed by atoms with Crippen molar-refractivity contribution in [1.29, 1.82) is 5.41 Å². The SMILES string of the molecule is CCOc1cc2c(cc1C(=O)NC)C(=N)N(CC(=O)c1cc(N3CCN(CC(=O)O)CC3)c(OC)c(C(C)(C)C)c1)C2. The van der Waals surface area contributed by atoms with Gasteiger partial charge in [0.15, 0.2) is 5.78 Å². The number of carboxylic acids is 1. The number of Topliss-reactive ketones (excluding diaryl/α,β-unsaturated/α-hetero) is 1. The fourth-order valence-corrected chi connectivity index (χ4v) is 5.53. The minimum atomic E-state index is -0.850. The molecular weight excluding hydrogens is 538 g/mol. The van der Waals surface area contributed by atoms with E-state index in [1.54, 1.807) is 31.2 Å². The zero-order chi connectivity index (χ0) is 30.8. The molecule has 0 spiro atoms. The number of fused-ring (bicyclic) bond motifs is 1. The molecule has 0 aromatic heterocycles. The van der Waals surface area contributed by atoms with E-state index in [0.29, 0.717) is 67.5 Å². The molecule has 0 aliphatic carbocycles. The van der Waals surface area contributed by atoms with E-state index in [2.05, 4.69) is 31.0 Å². The van der Waals surface area contributed by atoms with E-state index < -0.39 is 5.97 Å². The Bertz CT molecular complexity index is 1390. The summed E-state index contributed by atoms with van der Waals surface area (Å²) in [7, 11) is 3.18. The van der Waals surface area contributed by atoms with Gasteiger partial charge in [-0.25, -0.2) is 0 Å². The number of carbonyl (C=O) groups is 3. The number of aliphatic carboxylic acids is 1. The van der Waals surface area contributed by atoms with Crippen LogP contribution in [0, 0.1) is 5.41 Å². The summed E-state index contributed by atoms with van der Waals surface area (Å²) in [6.45, 7) is 11.2. The normalized spacial score (nSPS) is 15.4. The Morgan fingerprint density at radius 3 is 2.31 bits per heavy atom. The minimum absolute atomic E-state index is 0.00238. The first-order chi connectivity index (χ1) is 19.9. The molecule has 3 N–H and O–H groups in total. The summed E-state index contributed by atoms with van der Waals surface area (Å²) >= 11 is 0. The average Bonchev–Trinajstić information content (AvgIpc) is 3.24. The summed E-state index contributed by atoms with van der Waals surface area (Å²) < 4.78 is 11.6. The number of ether oxygens (including phenoxy) is 2. The van der Waals surface area contributed by atoms with Gasteiger partial charge in [0, 0.05) is 56.5 Å². The van der Waals surface area contributed by atoms with Gasteiger partial charge in [-0.15, -0.1) is 0 Å². The number of amides is 1. The quantitative estimate of drug-likeness (QED) is 0.363. The Kier molecular flexibility index (Phi) is 9.10. The third kappa shape index (κ3) is 6.35. The lowest BCUT2D eigenvalue weighted by molar-refractivity contribution is -0.138. The highest BCUT2D eigenvalue weighted by atomic mass is 16.5. The highest BCUT2D eigenvalue weighted by Crippen LogP contribution is 2.41. The maximum atomic E-state index is 13.8. The Balaban J connectivity index is 1.62. The molecule has 0 radical (unpaired) electrons. The van der Waals surface area contributed by atoms with Crippen molar-refractivity contribution in [3.05, 3.63) is 52.1 Å². The number of hydrogen-bond acceptors (Lipinski definition) is 8. The molecule has 1 saturated heterocycles. The molecule has 2 heterocycles. The van der Waals surface area contributed by atoms with Crippen molar-refractivity contribution in [3.63, 3.8) is 0 Å². The predicted molar refractivity (Wildman–Crippen MR) is 161 cm³/mol. The largest absolute Gasteiger partial charge is 0.494 e. The zero-order valence-corrected chi connectivity index (χ0v) is 25.3. The molecule has 2 aliphatic rings. The number of rotatable bonds is 10. The Labute approximate surface area is 246 Å². The number of carboxylic acid groups (broad SMARTS) is 1. The summed E-state index contributed by atoms with van der Waals surface area (Å²) in [4.78, 5) is 43.2. The van der Waals surface area contributed by atoms with Gasteiger partial charge < -0.3 is 29.7 Å². The van der Waals surface area contributed by atoms with Crippen molar-refractivity contribution in [1.82, 2.24) is 15.1 Å². The van der Waals surface area contributed by atoms with Gasteiger partial charge in [0.2, 0.25) is 0 Å². The second-order valence-electron chi connectivity index (χ2n) is 11.6. The fourth-order valence-electron chi connectivity index (χ4n) is 5.53. The number of ketones is 1. The third-order valence-corrected chi connectivity index (χ3v) is 7.72. The molecule has 11 nitrogen and oxygen atoms in total. The molecule has 0 unspecified atom stereocenters. The van der Waals surface area contributed by atoms with Gasteiger partial charge >= 0.3 is 5.97 Å². The summed E-state index contributed by atoms with van der Waals surface area (Å²) in [6, 6.07) is 7.19. The number of piperazine rings is 1. The van der Waals surface area contributed by atoms with E-state index in [4.69, 9.17) is 14.9 Å². The molecule has 2 aliphatic heterocycles. The second kappa shape index (κ2) is 12.4. The summed E-state index contributed by atoms with van der Waals surface area (Å²) in [6.07, 6.45) is 0. The van der Waals surface area contributed by atoms with E-state index in [1.807, 2.05) is 24.0 Å². The molecule has 2 aromatic carbocycles. The van der Waals surface area contributed by atoms with Crippen LogP contribution in [0.25, 0.3) is 0 Å². The van der Waals surface area contributed by atoms with E-state index in [1.165, 1.54) is 0 Å². The first-order valence-corrected chi connectivity index (χ1v) is 14.2. The van der Waals surface area contributed by atoms with E-state index in [9.17, 15) is 19.5 Å². The van der Waals surface area contributed by atoms with Gasteiger partial charge in [-0.2, -0.15) is 0 Å². The minimum Gasteiger partial charge on any atom is -0.494 e. The van der Waals surface area contributed by atoms with Gasteiger partial charge in [-0.3, -0.25) is 24.7 Å². The third-order valence-electron chi connectivity index (χ3n) is 7.72. The highest BCUT2D eigenvalue weighted by Gasteiger charge is 2.32. The lowest BCUT2D eigenvalue weighted by Crippen LogP contribution is -2.48. The van der Waals surface area contributed by atoms with Crippen LogP contribution < -0.4 is 19.7 Å². The lowest BCUT2D eigenvalue weighted by Gasteiger charge is -2.37. The molecule has 2 aromatic rings. The number of amidine groups is 1. The Hall–Kier alpha value is -4.12. The van der Waals surface area contributed by atoms with Crippen LogP contribution in [-0.4, -0.2) is 98.4 Å². The van der Waals surface area contributed by atoms with Crippen LogP contribution in [0.3, 0.4) is 0 Å². The standard InChI is InChI=1S/C31H41N5O6/c1-7-42-26-14-20-16-36(29(32)21(20)15-22(26)30(40)33-5)17-25(37)19-12-23(31(2,3)4)28(41-6)24(13-19)35-10-8-34(9-11-35)18-27(38)39/h12-15,32H,7-11,16-18H2,1-6H3,(H,33,40)(H,38,39). The number of nitrogens with zero attached hydrogens (tertiary/aromatic N) is 3. The van der Waals surface area contributed by atoms with Gasteiger partial charge in [-0.05, 0) is 42.2 Å². The van der Waals surface area contributed by atoms with E-state index >= 15 is 0 Å². The van der Waals surface area contributed by atoms with Gasteiger partial charge in [-0.1, -0.05) is 20.8 Å². The Morgan fingerprint density at radius 1 is 1.05 bits per heavy atom. The maximum Gasteiger partial charge on any atom is 0.317 e. The van der Waals surface area contributed by atoms with Crippen molar-refractivity contribution in [2.45, 2.75) is 39.7 Å². The van der Waals surface area contributed by atoms with Crippen LogP contribution >= 0.6 is 0 Å². The predicted octanol–water partition coefficient (Wildman–Crippen LogP) is 2.98. The van der Waals surface area contributed by atoms with Gasteiger partial charge in [0.05, 0.1) is 38.1 Å². The topological polar surface area (TPSA) is 136 Å². The van der Waals surface area contributed by atoms with Crippen molar-refractivity contribution in [2.24, 2.45) is 0 Å². The summed E-state index contributed by atoms with van der Waals surface area (Å²) in [5, 5.41) is 20.6. The van der Waals surface area contributed by atoms with Crippen LogP contribution in [0.4, 0.5) is 5.69 Å². The molecule has 4 rings (SSSR count). The maximum absolute atomic E-state index is 13.8. The molecule has 0 atom stereocenters. The molecular formula is C31H41N5O6. The second-order valence-corrected chi connectivity index (χ2v) is 11.6. The van der Waals surface area contributed by atoms with E-state index in [0.717, 1.165) is 16.8 Å². The molecule has 0 bridgehead atoms. The van der Waals surface area contributed by atoms with Crippen LogP contribution in [0.1, 0.15) is 65.1 Å². The molecule has 11 heteroatoms. The molecule has 0 saturated carbocycles. The molecule has 42 heavy (non-hydrogen) atoms. The monoisotopic (exact) mass is 579 g/mol. The Morgan fingerprint density at radius 2 is 1.74 bits per heavy atom. The number of anilines is 1. The number of methoxy groups -OCH3 is 1. The van der Waals surface area contributed by atoms with Crippen LogP contribution in [-0.2, 0) is 16.8 Å². The molecule has 1 amide bonds. The van der Waals surface area contributed by atoms with Gasteiger partial charge in [0.1, 0.15) is 17.3 Å². The lowest BCUT2D eigenvalue weighted by atomic mass is 9.84. The van der Waals surface area contributed by atoms with Gasteiger partial charge in [0.25, 0.3) is 5.91 Å². The van der Waals surface area contributed by atoms with Crippen molar-refractivity contribution in [3.8, 4) is 11.5 Å². The average molecular weight is 580 g/mol. The van der Waals surface area contributed by atoms with Crippen LogP contribution in [0.2, 0.25) is 0 Å².